The van der Waals surface area contributed by atoms with Crippen molar-refractivity contribution in [2.75, 3.05) is 12.4 Å². The van der Waals surface area contributed by atoms with Gasteiger partial charge in [-0.25, -0.2) is 18.7 Å². The molecule has 0 radical (unpaired) electrons. The Balaban J connectivity index is 2.61. The van der Waals surface area contributed by atoms with Gasteiger partial charge < -0.3 is 5.32 Å². The molecule has 0 aliphatic rings. The first kappa shape index (κ1) is 14.8. The van der Waals surface area contributed by atoms with Gasteiger partial charge in [0.2, 0.25) is 0 Å². The molecule has 1 aromatic carbocycles. The fraction of sp³-hybridized carbons (Fsp3) is 0.286. The molecule has 1 N–H and O–H groups in total. The van der Waals surface area contributed by atoms with E-state index in [4.69, 9.17) is 0 Å². The zero-order valence-electron chi connectivity index (χ0n) is 11.3. The fourth-order valence-corrected chi connectivity index (χ4v) is 2.61. The van der Waals surface area contributed by atoms with Crippen LogP contribution in [-0.2, 0) is 0 Å². The lowest BCUT2D eigenvalue weighted by molar-refractivity contribution is 0.509. The van der Waals surface area contributed by atoms with Crippen molar-refractivity contribution in [3.63, 3.8) is 0 Å². The van der Waals surface area contributed by atoms with E-state index in [-0.39, 0.29) is 5.92 Å². The molecule has 20 heavy (non-hydrogen) atoms. The Morgan fingerprint density at radius 1 is 1.15 bits per heavy atom. The first-order valence-electron chi connectivity index (χ1n) is 6.14. The predicted molar refractivity (Wildman–Crippen MR) is 78.7 cm³/mol. The smallest absolute Gasteiger partial charge is 0.161 e. The minimum Gasteiger partial charge on any atom is -0.372 e. The van der Waals surface area contributed by atoms with E-state index in [0.29, 0.717) is 17.2 Å². The van der Waals surface area contributed by atoms with Crippen LogP contribution in [0.1, 0.15) is 25.5 Å². The summed E-state index contributed by atoms with van der Waals surface area (Å²) in [5.74, 6) is -0.651. The molecule has 6 heteroatoms. The van der Waals surface area contributed by atoms with Gasteiger partial charge in [-0.1, -0.05) is 13.8 Å². The van der Waals surface area contributed by atoms with Gasteiger partial charge in [-0.2, -0.15) is 0 Å². The molecule has 0 amide bonds. The van der Waals surface area contributed by atoms with Crippen LogP contribution in [0.5, 0.6) is 0 Å². The molecular formula is C14H14BrF2N3. The first-order chi connectivity index (χ1) is 9.43. The van der Waals surface area contributed by atoms with Gasteiger partial charge >= 0.3 is 0 Å². The topological polar surface area (TPSA) is 37.8 Å². The maximum absolute atomic E-state index is 13.3. The minimum absolute atomic E-state index is 0.170. The lowest BCUT2D eigenvalue weighted by Crippen LogP contribution is -2.05. The maximum atomic E-state index is 13.3. The highest BCUT2D eigenvalue weighted by molar-refractivity contribution is 9.10. The van der Waals surface area contributed by atoms with Gasteiger partial charge in [0.05, 0.1) is 10.2 Å². The second-order valence-corrected chi connectivity index (χ2v) is 5.42. The summed E-state index contributed by atoms with van der Waals surface area (Å²) in [4.78, 5) is 8.75. The van der Waals surface area contributed by atoms with E-state index in [9.17, 15) is 8.78 Å². The fourth-order valence-electron chi connectivity index (χ4n) is 1.78. The Hall–Kier alpha value is -1.56. The number of nitrogens with zero attached hydrogens (tertiary/aromatic N) is 2. The van der Waals surface area contributed by atoms with E-state index in [0.717, 1.165) is 22.3 Å². The molecule has 0 aliphatic heterocycles. The van der Waals surface area contributed by atoms with Gasteiger partial charge in [0.15, 0.2) is 17.5 Å². The third kappa shape index (κ3) is 2.80. The first-order valence-corrected chi connectivity index (χ1v) is 6.94. The molecule has 0 saturated carbocycles. The number of rotatable bonds is 3. The zero-order valence-corrected chi connectivity index (χ0v) is 12.9. The SMILES string of the molecule is CNc1nc(-c2ccc(F)c(F)c2)nc(C(C)C)c1Br. The highest BCUT2D eigenvalue weighted by Crippen LogP contribution is 2.31. The Labute approximate surface area is 124 Å². The van der Waals surface area contributed by atoms with Crippen LogP contribution < -0.4 is 5.32 Å². The number of aromatic nitrogens is 2. The molecule has 0 aliphatic carbocycles. The second-order valence-electron chi connectivity index (χ2n) is 4.63. The molecule has 0 saturated heterocycles. The quantitative estimate of drug-likeness (QED) is 0.901. The Morgan fingerprint density at radius 2 is 1.85 bits per heavy atom. The predicted octanol–water partition coefficient (Wildman–Crippen LogP) is 4.35. The van der Waals surface area contributed by atoms with Crippen LogP contribution in [0.25, 0.3) is 11.4 Å². The van der Waals surface area contributed by atoms with Crippen molar-refractivity contribution in [2.45, 2.75) is 19.8 Å². The molecule has 3 nitrogen and oxygen atoms in total. The van der Waals surface area contributed by atoms with Crippen molar-refractivity contribution in [3.8, 4) is 11.4 Å². The zero-order chi connectivity index (χ0) is 14.9. The standard InChI is InChI=1S/C14H14BrF2N3/c1-7(2)12-11(15)14(18-3)20-13(19-12)8-4-5-9(16)10(17)6-8/h4-7H,1-3H3,(H,18,19,20). The highest BCUT2D eigenvalue weighted by atomic mass is 79.9. The van der Waals surface area contributed by atoms with E-state index in [1.165, 1.54) is 6.07 Å². The molecular weight excluding hydrogens is 328 g/mol. The summed E-state index contributed by atoms with van der Waals surface area (Å²) in [6, 6.07) is 3.64. The molecule has 0 fully saturated rings. The molecule has 1 heterocycles. The van der Waals surface area contributed by atoms with E-state index < -0.39 is 11.6 Å². The Kier molecular flexibility index (Phi) is 4.32. The van der Waals surface area contributed by atoms with Crippen molar-refractivity contribution in [1.29, 1.82) is 0 Å². The number of benzene rings is 1. The molecule has 0 atom stereocenters. The summed E-state index contributed by atoms with van der Waals surface area (Å²) in [6.45, 7) is 4.00. The largest absolute Gasteiger partial charge is 0.372 e. The lowest BCUT2D eigenvalue weighted by Gasteiger charge is -2.13. The molecule has 2 rings (SSSR count). The number of nitrogens with one attached hydrogen (secondary N) is 1. The van der Waals surface area contributed by atoms with Crippen LogP contribution in [0.4, 0.5) is 14.6 Å². The summed E-state index contributed by atoms with van der Waals surface area (Å²) in [5, 5.41) is 2.96. The molecule has 0 bridgehead atoms. The number of hydrogen-bond acceptors (Lipinski definition) is 3. The average Bonchev–Trinajstić information content (AvgIpc) is 2.42. The van der Waals surface area contributed by atoms with Crippen molar-refractivity contribution >= 4 is 21.7 Å². The van der Waals surface area contributed by atoms with Gasteiger partial charge in [0.1, 0.15) is 5.82 Å². The maximum Gasteiger partial charge on any atom is 0.161 e. The normalized spacial score (nSPS) is 10.9. The number of anilines is 1. The molecule has 2 aromatic rings. The Bertz CT molecular complexity index is 645. The van der Waals surface area contributed by atoms with E-state index in [1.54, 1.807) is 7.05 Å². The number of halogens is 3. The average molecular weight is 342 g/mol. The van der Waals surface area contributed by atoms with Crippen LogP contribution in [0, 0.1) is 11.6 Å². The van der Waals surface area contributed by atoms with E-state index >= 15 is 0 Å². The summed E-state index contributed by atoms with van der Waals surface area (Å²) < 4.78 is 27.1. The molecule has 106 valence electrons. The van der Waals surface area contributed by atoms with E-state index in [1.807, 2.05) is 13.8 Å². The number of hydrogen-bond donors (Lipinski definition) is 1. The van der Waals surface area contributed by atoms with Gasteiger partial charge in [0.25, 0.3) is 0 Å². The van der Waals surface area contributed by atoms with Crippen LogP contribution >= 0.6 is 15.9 Å². The van der Waals surface area contributed by atoms with Crippen LogP contribution in [0.3, 0.4) is 0 Å². The monoisotopic (exact) mass is 341 g/mol. The third-order valence-corrected chi connectivity index (χ3v) is 3.62. The molecule has 1 aromatic heterocycles. The van der Waals surface area contributed by atoms with Crippen molar-refractivity contribution < 1.29 is 8.78 Å². The van der Waals surface area contributed by atoms with Crippen molar-refractivity contribution in [3.05, 3.63) is 40.0 Å². The van der Waals surface area contributed by atoms with Crippen molar-refractivity contribution in [1.82, 2.24) is 9.97 Å². The lowest BCUT2D eigenvalue weighted by atomic mass is 10.1. The summed E-state index contributed by atoms with van der Waals surface area (Å²) in [7, 11) is 1.74. The highest BCUT2D eigenvalue weighted by Gasteiger charge is 2.16. The van der Waals surface area contributed by atoms with Crippen LogP contribution in [-0.4, -0.2) is 17.0 Å². The van der Waals surface area contributed by atoms with Gasteiger partial charge in [0, 0.05) is 12.6 Å². The van der Waals surface area contributed by atoms with Crippen LogP contribution in [0.15, 0.2) is 22.7 Å². The summed E-state index contributed by atoms with van der Waals surface area (Å²) >= 11 is 3.45. The minimum atomic E-state index is -0.911. The second kappa shape index (κ2) is 5.83. The van der Waals surface area contributed by atoms with Gasteiger partial charge in [-0.15, -0.1) is 0 Å². The van der Waals surface area contributed by atoms with E-state index in [2.05, 4.69) is 31.2 Å². The van der Waals surface area contributed by atoms with Gasteiger partial charge in [-0.05, 0) is 40.0 Å². The molecule has 0 spiro atoms. The Morgan fingerprint density at radius 3 is 2.40 bits per heavy atom. The van der Waals surface area contributed by atoms with Crippen LogP contribution in [0.2, 0.25) is 0 Å². The third-order valence-electron chi connectivity index (χ3n) is 2.84. The van der Waals surface area contributed by atoms with Crippen molar-refractivity contribution in [2.24, 2.45) is 0 Å². The summed E-state index contributed by atoms with van der Waals surface area (Å²) in [6.07, 6.45) is 0. The summed E-state index contributed by atoms with van der Waals surface area (Å²) in [5.41, 5.74) is 1.25. The molecule has 0 unspecified atom stereocenters. The van der Waals surface area contributed by atoms with Gasteiger partial charge in [-0.3, -0.25) is 0 Å².